The van der Waals surface area contributed by atoms with Gasteiger partial charge >= 0.3 is 5.97 Å². The van der Waals surface area contributed by atoms with Crippen LogP contribution in [-0.4, -0.2) is 23.6 Å². The number of primary amides is 1. The number of hydrogen-bond acceptors (Lipinski definition) is 3. The molecule has 0 unspecified atom stereocenters. The molecule has 86 valence electrons. The molecule has 0 aliphatic heterocycles. The minimum absolute atomic E-state index is 0.139. The standard InChI is InChI=1S/C11H13NO4/c1-7-6-8(11(14)15)2-3-9(7)16-5-4-10(12)13/h2-3,6H,4-5H2,1H3,(H2,12,13)(H,14,15). The van der Waals surface area contributed by atoms with E-state index >= 15 is 0 Å². The maximum atomic E-state index is 10.7. The summed E-state index contributed by atoms with van der Waals surface area (Å²) in [4.78, 5) is 21.1. The largest absolute Gasteiger partial charge is 0.493 e. The zero-order chi connectivity index (χ0) is 12.1. The maximum Gasteiger partial charge on any atom is 0.335 e. The third kappa shape index (κ3) is 3.27. The van der Waals surface area contributed by atoms with Gasteiger partial charge in [0.15, 0.2) is 0 Å². The molecule has 0 spiro atoms. The molecule has 1 aromatic carbocycles. The quantitative estimate of drug-likeness (QED) is 0.777. The second kappa shape index (κ2) is 5.16. The van der Waals surface area contributed by atoms with Crippen molar-refractivity contribution in [1.82, 2.24) is 0 Å². The van der Waals surface area contributed by atoms with Gasteiger partial charge in [-0.15, -0.1) is 0 Å². The van der Waals surface area contributed by atoms with Gasteiger partial charge in [0.2, 0.25) is 5.91 Å². The van der Waals surface area contributed by atoms with E-state index in [0.29, 0.717) is 11.3 Å². The van der Waals surface area contributed by atoms with E-state index in [9.17, 15) is 9.59 Å². The van der Waals surface area contributed by atoms with Crippen molar-refractivity contribution in [2.75, 3.05) is 6.61 Å². The molecule has 0 aromatic heterocycles. The molecule has 0 aliphatic carbocycles. The fourth-order valence-corrected chi connectivity index (χ4v) is 1.21. The summed E-state index contributed by atoms with van der Waals surface area (Å²) in [5.74, 6) is -0.849. The molecule has 1 aromatic rings. The normalized spacial score (nSPS) is 9.81. The van der Waals surface area contributed by atoms with Crippen LogP contribution in [-0.2, 0) is 4.79 Å². The van der Waals surface area contributed by atoms with Gasteiger partial charge in [0.25, 0.3) is 0 Å². The fourth-order valence-electron chi connectivity index (χ4n) is 1.21. The van der Waals surface area contributed by atoms with E-state index in [4.69, 9.17) is 15.6 Å². The van der Waals surface area contributed by atoms with Crippen molar-refractivity contribution < 1.29 is 19.4 Å². The monoisotopic (exact) mass is 223 g/mol. The highest BCUT2D eigenvalue weighted by Crippen LogP contribution is 2.19. The maximum absolute atomic E-state index is 10.7. The summed E-state index contributed by atoms with van der Waals surface area (Å²) in [6.45, 7) is 1.94. The third-order valence-corrected chi connectivity index (χ3v) is 2.03. The molecule has 0 fully saturated rings. The van der Waals surface area contributed by atoms with Crippen LogP contribution in [0.4, 0.5) is 0 Å². The molecule has 0 saturated heterocycles. The van der Waals surface area contributed by atoms with Gasteiger partial charge in [0.1, 0.15) is 5.75 Å². The number of carbonyl (C=O) groups is 2. The zero-order valence-corrected chi connectivity index (χ0v) is 8.90. The minimum Gasteiger partial charge on any atom is -0.493 e. The Morgan fingerprint density at radius 3 is 2.62 bits per heavy atom. The molecule has 0 radical (unpaired) electrons. The molecule has 0 heterocycles. The summed E-state index contributed by atoms with van der Waals surface area (Å²) >= 11 is 0. The number of benzene rings is 1. The first-order valence-corrected chi connectivity index (χ1v) is 4.75. The van der Waals surface area contributed by atoms with Crippen LogP contribution in [0.15, 0.2) is 18.2 Å². The van der Waals surface area contributed by atoms with E-state index < -0.39 is 11.9 Å². The van der Waals surface area contributed by atoms with Crippen LogP contribution in [0, 0.1) is 6.92 Å². The van der Waals surface area contributed by atoms with E-state index in [-0.39, 0.29) is 18.6 Å². The van der Waals surface area contributed by atoms with Gasteiger partial charge in [-0.3, -0.25) is 4.79 Å². The summed E-state index contributed by atoms with van der Waals surface area (Å²) in [6, 6.07) is 4.54. The molecule has 0 bridgehead atoms. The highest BCUT2D eigenvalue weighted by Gasteiger charge is 2.06. The van der Waals surface area contributed by atoms with Crippen molar-refractivity contribution in [3.05, 3.63) is 29.3 Å². The van der Waals surface area contributed by atoms with E-state index in [1.807, 2.05) is 0 Å². The van der Waals surface area contributed by atoms with Crippen LogP contribution in [0.3, 0.4) is 0 Å². The van der Waals surface area contributed by atoms with Gasteiger partial charge in [-0.1, -0.05) is 0 Å². The summed E-state index contributed by atoms with van der Waals surface area (Å²) in [5.41, 5.74) is 5.88. The average molecular weight is 223 g/mol. The smallest absolute Gasteiger partial charge is 0.335 e. The van der Waals surface area contributed by atoms with Crippen LogP contribution in [0.5, 0.6) is 5.75 Å². The average Bonchev–Trinajstić information content (AvgIpc) is 2.19. The lowest BCUT2D eigenvalue weighted by molar-refractivity contribution is -0.118. The first-order chi connectivity index (χ1) is 7.50. The molecule has 5 nitrogen and oxygen atoms in total. The fraction of sp³-hybridized carbons (Fsp3) is 0.273. The van der Waals surface area contributed by atoms with Crippen molar-refractivity contribution in [2.45, 2.75) is 13.3 Å². The van der Waals surface area contributed by atoms with Crippen LogP contribution in [0.2, 0.25) is 0 Å². The van der Waals surface area contributed by atoms with Crippen molar-refractivity contribution >= 4 is 11.9 Å². The van der Waals surface area contributed by atoms with E-state index in [2.05, 4.69) is 0 Å². The Morgan fingerprint density at radius 2 is 2.12 bits per heavy atom. The van der Waals surface area contributed by atoms with Crippen molar-refractivity contribution in [3.8, 4) is 5.75 Å². The number of carbonyl (C=O) groups excluding carboxylic acids is 1. The molecular formula is C11H13NO4. The van der Waals surface area contributed by atoms with E-state index in [0.717, 1.165) is 0 Å². The minimum atomic E-state index is -0.980. The Balaban J connectivity index is 2.68. The van der Waals surface area contributed by atoms with E-state index in [1.165, 1.54) is 12.1 Å². The van der Waals surface area contributed by atoms with Crippen LogP contribution >= 0.6 is 0 Å². The molecule has 0 atom stereocenters. The highest BCUT2D eigenvalue weighted by atomic mass is 16.5. The predicted octanol–water partition coefficient (Wildman–Crippen LogP) is 0.947. The van der Waals surface area contributed by atoms with Gasteiger partial charge in [-0.2, -0.15) is 0 Å². The van der Waals surface area contributed by atoms with Crippen molar-refractivity contribution in [2.24, 2.45) is 5.73 Å². The SMILES string of the molecule is Cc1cc(C(=O)O)ccc1OCCC(N)=O. The molecule has 5 heteroatoms. The number of rotatable bonds is 5. The number of hydrogen-bond donors (Lipinski definition) is 2. The predicted molar refractivity (Wildman–Crippen MR) is 57.4 cm³/mol. The highest BCUT2D eigenvalue weighted by molar-refractivity contribution is 5.88. The molecular weight excluding hydrogens is 210 g/mol. The topological polar surface area (TPSA) is 89.6 Å². The molecule has 0 saturated carbocycles. The summed E-state index contributed by atoms with van der Waals surface area (Å²) < 4.78 is 5.29. The molecule has 1 rings (SSSR count). The Morgan fingerprint density at radius 1 is 1.44 bits per heavy atom. The first kappa shape index (κ1) is 12.0. The first-order valence-electron chi connectivity index (χ1n) is 4.75. The number of amides is 1. The zero-order valence-electron chi connectivity index (χ0n) is 8.90. The lowest BCUT2D eigenvalue weighted by Crippen LogP contribution is -2.14. The van der Waals surface area contributed by atoms with Gasteiger partial charge in [-0.25, -0.2) is 4.79 Å². The van der Waals surface area contributed by atoms with Crippen molar-refractivity contribution in [1.29, 1.82) is 0 Å². The summed E-state index contributed by atoms with van der Waals surface area (Å²) in [6.07, 6.45) is 0.139. The van der Waals surface area contributed by atoms with Crippen molar-refractivity contribution in [3.63, 3.8) is 0 Å². The number of carboxylic acids is 1. The Bertz CT molecular complexity index is 414. The molecule has 1 amide bonds. The number of carboxylic acid groups (broad SMARTS) is 1. The lowest BCUT2D eigenvalue weighted by Gasteiger charge is -2.08. The Kier molecular flexibility index (Phi) is 3.88. The van der Waals surface area contributed by atoms with E-state index in [1.54, 1.807) is 13.0 Å². The summed E-state index contributed by atoms with van der Waals surface area (Å²) in [5, 5.41) is 8.75. The van der Waals surface area contributed by atoms with Crippen LogP contribution < -0.4 is 10.5 Å². The Labute approximate surface area is 92.8 Å². The second-order valence-electron chi connectivity index (χ2n) is 3.35. The Hall–Kier alpha value is -2.04. The number of aromatic carboxylic acids is 1. The van der Waals surface area contributed by atoms with Gasteiger partial charge in [-0.05, 0) is 30.7 Å². The van der Waals surface area contributed by atoms with Gasteiger partial charge < -0.3 is 15.6 Å². The second-order valence-corrected chi connectivity index (χ2v) is 3.35. The van der Waals surface area contributed by atoms with Gasteiger partial charge in [0, 0.05) is 0 Å². The third-order valence-electron chi connectivity index (χ3n) is 2.03. The number of nitrogens with two attached hydrogens (primary N) is 1. The van der Waals surface area contributed by atoms with Crippen LogP contribution in [0.1, 0.15) is 22.3 Å². The molecule has 3 N–H and O–H groups in total. The van der Waals surface area contributed by atoms with Gasteiger partial charge in [0.05, 0.1) is 18.6 Å². The van der Waals surface area contributed by atoms with Crippen LogP contribution in [0.25, 0.3) is 0 Å². The number of aryl methyl sites for hydroxylation is 1. The number of ether oxygens (including phenoxy) is 1. The molecule has 0 aliphatic rings. The lowest BCUT2D eigenvalue weighted by atomic mass is 10.1. The molecule has 16 heavy (non-hydrogen) atoms. The summed E-state index contributed by atoms with van der Waals surface area (Å²) in [7, 11) is 0.